The Balaban J connectivity index is 2.19. The van der Waals surface area contributed by atoms with E-state index in [-0.39, 0.29) is 0 Å². The summed E-state index contributed by atoms with van der Waals surface area (Å²) in [5.41, 5.74) is 6.42. The molecule has 0 bridgehead atoms. The van der Waals surface area contributed by atoms with Crippen molar-refractivity contribution in [1.82, 2.24) is 15.0 Å². The van der Waals surface area contributed by atoms with Crippen molar-refractivity contribution in [3.05, 3.63) is 34.7 Å². The van der Waals surface area contributed by atoms with E-state index in [9.17, 15) is 0 Å². The molecule has 0 spiro atoms. The summed E-state index contributed by atoms with van der Waals surface area (Å²) in [6.45, 7) is 0. The molecule has 0 fully saturated rings. The molecule has 2 aromatic heterocycles. The van der Waals surface area contributed by atoms with E-state index in [1.165, 1.54) is 6.33 Å². The van der Waals surface area contributed by atoms with Crippen molar-refractivity contribution in [3.8, 4) is 0 Å². The molecule has 0 aromatic carbocycles. The molecule has 66 valence electrons. The van der Waals surface area contributed by atoms with Crippen molar-refractivity contribution in [1.29, 1.82) is 0 Å². The Hall–Kier alpha value is -1.49. The number of anilines is 1. The lowest BCUT2D eigenvalue weighted by atomic mass is 10.3. The number of hydrogen-bond acceptors (Lipinski definition) is 5. The van der Waals surface area contributed by atoms with Gasteiger partial charge in [0, 0.05) is 24.1 Å². The van der Waals surface area contributed by atoms with Crippen molar-refractivity contribution in [2.45, 2.75) is 6.42 Å². The zero-order valence-electron chi connectivity index (χ0n) is 6.84. The predicted molar refractivity (Wildman–Crippen MR) is 51.4 cm³/mol. The second kappa shape index (κ2) is 3.49. The van der Waals surface area contributed by atoms with Gasteiger partial charge in [0.25, 0.3) is 0 Å². The highest BCUT2D eigenvalue weighted by Crippen LogP contribution is 2.10. The highest BCUT2D eigenvalue weighted by molar-refractivity contribution is 7.09. The molecule has 0 aliphatic carbocycles. The molecule has 2 aromatic rings. The van der Waals surface area contributed by atoms with Crippen molar-refractivity contribution in [3.63, 3.8) is 0 Å². The molecule has 2 N–H and O–H groups in total. The predicted octanol–water partition coefficient (Wildman–Crippen LogP) is 1.11. The van der Waals surface area contributed by atoms with Crippen LogP contribution in [0.5, 0.6) is 0 Å². The summed E-state index contributed by atoms with van der Waals surface area (Å²) < 4.78 is 0. The number of rotatable bonds is 2. The van der Waals surface area contributed by atoms with Crippen LogP contribution in [0.2, 0.25) is 0 Å². The van der Waals surface area contributed by atoms with Crippen LogP contribution in [-0.2, 0) is 6.42 Å². The molecule has 2 rings (SSSR count). The first-order valence-electron chi connectivity index (χ1n) is 3.79. The minimum absolute atomic E-state index is 0.501. The minimum Gasteiger partial charge on any atom is -0.384 e. The molecule has 0 aliphatic rings. The number of hydrogen-bond donors (Lipinski definition) is 1. The van der Waals surface area contributed by atoms with Gasteiger partial charge >= 0.3 is 0 Å². The van der Waals surface area contributed by atoms with E-state index >= 15 is 0 Å². The average Bonchev–Trinajstić information content (AvgIpc) is 2.57. The highest BCUT2D eigenvalue weighted by atomic mass is 32.1. The van der Waals surface area contributed by atoms with E-state index in [0.717, 1.165) is 17.1 Å². The Morgan fingerprint density at radius 1 is 1.31 bits per heavy atom. The molecule has 5 heteroatoms. The number of nitrogens with zero attached hydrogens (tertiary/aromatic N) is 3. The Kier molecular flexibility index (Phi) is 2.18. The van der Waals surface area contributed by atoms with E-state index in [4.69, 9.17) is 5.73 Å². The van der Waals surface area contributed by atoms with E-state index < -0.39 is 0 Å². The van der Waals surface area contributed by atoms with Gasteiger partial charge < -0.3 is 5.73 Å². The summed E-state index contributed by atoms with van der Waals surface area (Å²) >= 11 is 1.61. The van der Waals surface area contributed by atoms with Crippen molar-refractivity contribution in [2.75, 3.05) is 5.73 Å². The molecule has 0 unspecified atom stereocenters. The molecule has 0 saturated heterocycles. The van der Waals surface area contributed by atoms with Crippen LogP contribution in [-0.4, -0.2) is 15.0 Å². The molecule has 2 heterocycles. The molecular formula is C8H8N4S. The Morgan fingerprint density at radius 2 is 2.23 bits per heavy atom. The van der Waals surface area contributed by atoms with Crippen LogP contribution in [0.4, 0.5) is 5.82 Å². The first-order valence-corrected chi connectivity index (χ1v) is 4.67. The van der Waals surface area contributed by atoms with E-state index in [2.05, 4.69) is 15.0 Å². The van der Waals surface area contributed by atoms with Crippen LogP contribution in [0, 0.1) is 0 Å². The summed E-state index contributed by atoms with van der Waals surface area (Å²) in [6.07, 6.45) is 3.98. The molecule has 13 heavy (non-hydrogen) atoms. The second-order valence-electron chi connectivity index (χ2n) is 2.54. The van der Waals surface area contributed by atoms with Gasteiger partial charge in [0.2, 0.25) is 0 Å². The number of nitrogens with two attached hydrogens (primary N) is 1. The zero-order valence-corrected chi connectivity index (χ0v) is 7.66. The smallest absolute Gasteiger partial charge is 0.127 e. The molecular weight excluding hydrogens is 184 g/mol. The van der Waals surface area contributed by atoms with Crippen LogP contribution < -0.4 is 5.73 Å². The van der Waals surface area contributed by atoms with Crippen molar-refractivity contribution < 1.29 is 0 Å². The summed E-state index contributed by atoms with van der Waals surface area (Å²) in [5.74, 6) is 0.501. The zero-order chi connectivity index (χ0) is 9.10. The molecule has 0 saturated carbocycles. The average molecular weight is 192 g/mol. The largest absolute Gasteiger partial charge is 0.384 e. The van der Waals surface area contributed by atoms with Gasteiger partial charge in [-0.1, -0.05) is 0 Å². The summed E-state index contributed by atoms with van der Waals surface area (Å²) in [7, 11) is 0. The van der Waals surface area contributed by atoms with Crippen LogP contribution in [0.15, 0.2) is 24.0 Å². The highest BCUT2D eigenvalue weighted by Gasteiger charge is 2.00. The molecule has 0 atom stereocenters. The van der Waals surface area contributed by atoms with Gasteiger partial charge in [-0.25, -0.2) is 15.0 Å². The summed E-state index contributed by atoms with van der Waals surface area (Å²) in [5, 5.41) is 2.98. The first kappa shape index (κ1) is 8.12. The maximum absolute atomic E-state index is 5.52. The van der Waals surface area contributed by atoms with E-state index in [1.807, 2.05) is 5.38 Å². The maximum Gasteiger partial charge on any atom is 0.127 e. The second-order valence-corrected chi connectivity index (χ2v) is 3.52. The maximum atomic E-state index is 5.52. The molecule has 0 amide bonds. The van der Waals surface area contributed by atoms with Gasteiger partial charge in [0.05, 0.1) is 10.7 Å². The number of nitrogen functional groups attached to an aromatic ring is 1. The molecule has 0 aliphatic heterocycles. The van der Waals surface area contributed by atoms with Crippen LogP contribution >= 0.6 is 11.3 Å². The van der Waals surface area contributed by atoms with Crippen LogP contribution in [0.1, 0.15) is 10.7 Å². The van der Waals surface area contributed by atoms with Crippen molar-refractivity contribution >= 4 is 17.2 Å². The SMILES string of the molecule is Nc1cc(Cc2nccs2)ncn1. The third-order valence-corrected chi connectivity index (χ3v) is 2.34. The topological polar surface area (TPSA) is 64.7 Å². The van der Waals surface area contributed by atoms with E-state index in [1.54, 1.807) is 23.6 Å². The normalized spacial score (nSPS) is 10.2. The van der Waals surface area contributed by atoms with Crippen molar-refractivity contribution in [2.24, 2.45) is 0 Å². The lowest BCUT2D eigenvalue weighted by Gasteiger charge is -1.96. The molecule has 4 nitrogen and oxygen atoms in total. The summed E-state index contributed by atoms with van der Waals surface area (Å²) in [6, 6.07) is 1.77. The number of thiazole rings is 1. The number of aromatic nitrogens is 3. The quantitative estimate of drug-likeness (QED) is 0.774. The van der Waals surface area contributed by atoms with Gasteiger partial charge in [-0.15, -0.1) is 11.3 Å². The van der Waals surface area contributed by atoms with Gasteiger partial charge in [-0.05, 0) is 0 Å². The standard InChI is InChI=1S/C8H8N4S/c9-7-3-6(11-5-12-7)4-8-10-1-2-13-8/h1-3,5H,4H2,(H2,9,11,12). The minimum atomic E-state index is 0.501. The monoisotopic (exact) mass is 192 g/mol. The fourth-order valence-corrected chi connectivity index (χ4v) is 1.64. The van der Waals surface area contributed by atoms with Crippen LogP contribution in [0.3, 0.4) is 0 Å². The lowest BCUT2D eigenvalue weighted by Crippen LogP contribution is -1.96. The Bertz CT molecular complexity index is 385. The van der Waals surface area contributed by atoms with Crippen LogP contribution in [0.25, 0.3) is 0 Å². The lowest BCUT2D eigenvalue weighted by molar-refractivity contribution is 1.02. The molecule has 0 radical (unpaired) electrons. The summed E-state index contributed by atoms with van der Waals surface area (Å²) in [4.78, 5) is 12.1. The third kappa shape index (κ3) is 2.00. The van der Waals surface area contributed by atoms with E-state index in [0.29, 0.717) is 5.82 Å². The first-order chi connectivity index (χ1) is 6.34. The van der Waals surface area contributed by atoms with Gasteiger partial charge in [0.1, 0.15) is 12.1 Å². The van der Waals surface area contributed by atoms with Gasteiger partial charge in [0.15, 0.2) is 0 Å². The Morgan fingerprint density at radius 3 is 2.92 bits per heavy atom. The van der Waals surface area contributed by atoms with Gasteiger partial charge in [-0.2, -0.15) is 0 Å². The third-order valence-electron chi connectivity index (χ3n) is 1.56. The fraction of sp³-hybridized carbons (Fsp3) is 0.125. The van der Waals surface area contributed by atoms with Gasteiger partial charge in [-0.3, -0.25) is 0 Å². The Labute approximate surface area is 79.5 Å². The fourth-order valence-electron chi connectivity index (χ4n) is 1.01.